The van der Waals surface area contributed by atoms with Crippen LogP contribution in [0.2, 0.25) is 0 Å². The highest BCUT2D eigenvalue weighted by molar-refractivity contribution is 14.0. The summed E-state index contributed by atoms with van der Waals surface area (Å²) in [6.07, 6.45) is -2.83. The molecule has 0 saturated carbocycles. The molecular weight excluding hydrogens is 444 g/mol. The van der Waals surface area contributed by atoms with Crippen LogP contribution in [0.1, 0.15) is 23.5 Å². The van der Waals surface area contributed by atoms with Crippen LogP contribution in [-0.4, -0.2) is 53.7 Å². The smallest absolute Gasteiger partial charge is 0.393 e. The Morgan fingerprint density at radius 1 is 1.48 bits per heavy atom. The fourth-order valence-corrected chi connectivity index (χ4v) is 3.05. The number of thiazole rings is 1. The molecule has 0 amide bonds. The van der Waals surface area contributed by atoms with Gasteiger partial charge in [-0.15, -0.1) is 35.3 Å². The van der Waals surface area contributed by atoms with Gasteiger partial charge in [-0.05, 0) is 12.8 Å². The van der Waals surface area contributed by atoms with Crippen molar-refractivity contribution >= 4 is 41.3 Å². The average Bonchev–Trinajstić information content (AvgIpc) is 2.94. The second-order valence-corrected chi connectivity index (χ2v) is 6.01. The number of nitrogens with one attached hydrogen (secondary N) is 1. The van der Waals surface area contributed by atoms with Crippen molar-refractivity contribution in [2.45, 2.75) is 31.5 Å². The summed E-state index contributed by atoms with van der Waals surface area (Å²) < 4.78 is 37.4. The first kappa shape index (κ1) is 20.4. The van der Waals surface area contributed by atoms with Crippen LogP contribution in [0.25, 0.3) is 0 Å². The van der Waals surface area contributed by atoms with Gasteiger partial charge in [0.2, 0.25) is 0 Å². The summed E-state index contributed by atoms with van der Waals surface area (Å²) in [5.74, 6) is 0.708. The van der Waals surface area contributed by atoms with E-state index in [0.29, 0.717) is 36.8 Å². The summed E-state index contributed by atoms with van der Waals surface area (Å²) in [6, 6.07) is 0. The fraction of sp³-hybridized carbons (Fsp3) is 0.692. The molecule has 1 saturated heterocycles. The highest BCUT2D eigenvalue weighted by atomic mass is 127. The maximum atomic E-state index is 12.5. The average molecular weight is 464 g/mol. The fourth-order valence-electron chi connectivity index (χ4n) is 2.25. The molecule has 1 aliphatic heterocycles. The highest BCUT2D eigenvalue weighted by Gasteiger charge is 2.33. The van der Waals surface area contributed by atoms with Gasteiger partial charge in [0.05, 0.1) is 11.1 Å². The zero-order chi connectivity index (χ0) is 16.2. The van der Waals surface area contributed by atoms with E-state index in [1.807, 2.05) is 4.90 Å². The van der Waals surface area contributed by atoms with Gasteiger partial charge in [-0.25, -0.2) is 4.98 Å². The van der Waals surface area contributed by atoms with Gasteiger partial charge in [-0.1, -0.05) is 0 Å². The van der Waals surface area contributed by atoms with Crippen LogP contribution >= 0.6 is 35.3 Å². The van der Waals surface area contributed by atoms with Gasteiger partial charge in [0.1, 0.15) is 0 Å². The Balaban J connectivity index is 0.00000264. The summed E-state index contributed by atoms with van der Waals surface area (Å²) in [4.78, 5) is 9.80. The number of likely N-dealkylation sites (tertiary alicyclic amines) is 1. The van der Waals surface area contributed by atoms with Crippen LogP contribution < -0.4 is 5.32 Å². The minimum atomic E-state index is -4.38. The molecule has 0 aromatic carbocycles. The zero-order valence-electron chi connectivity index (χ0n) is 12.6. The first-order valence-electron chi connectivity index (χ1n) is 7.05. The normalized spacial score (nSPS) is 17.1. The SMILES string of the molecule is CN=C(NCCc1nc(C(F)(F)F)cs1)N1CCC(O)CC1.I. The Kier molecular flexibility index (Phi) is 8.01. The molecule has 0 spiro atoms. The van der Waals surface area contributed by atoms with Gasteiger partial charge in [0.15, 0.2) is 11.7 Å². The number of aliphatic hydroxyl groups excluding tert-OH is 1. The Morgan fingerprint density at radius 3 is 2.65 bits per heavy atom. The first-order chi connectivity index (χ1) is 10.4. The van der Waals surface area contributed by atoms with Crippen molar-refractivity contribution < 1.29 is 18.3 Å². The summed E-state index contributed by atoms with van der Waals surface area (Å²) in [5.41, 5.74) is -0.832. The molecule has 2 rings (SSSR count). The van der Waals surface area contributed by atoms with Crippen LogP contribution in [0.5, 0.6) is 0 Å². The largest absolute Gasteiger partial charge is 0.434 e. The number of aliphatic hydroxyl groups is 1. The zero-order valence-corrected chi connectivity index (χ0v) is 15.8. The molecular formula is C13H20F3IN4OS. The third kappa shape index (κ3) is 6.07. The lowest BCUT2D eigenvalue weighted by molar-refractivity contribution is -0.140. The monoisotopic (exact) mass is 464 g/mol. The van der Waals surface area contributed by atoms with Crippen molar-refractivity contribution in [3.63, 3.8) is 0 Å². The van der Waals surface area contributed by atoms with Crippen LogP contribution in [-0.2, 0) is 12.6 Å². The van der Waals surface area contributed by atoms with Gasteiger partial charge >= 0.3 is 6.18 Å². The molecule has 0 atom stereocenters. The predicted molar refractivity (Wildman–Crippen MR) is 94.4 cm³/mol. The minimum absolute atomic E-state index is 0. The van der Waals surface area contributed by atoms with E-state index in [1.54, 1.807) is 7.05 Å². The van der Waals surface area contributed by atoms with E-state index < -0.39 is 11.9 Å². The quantitative estimate of drug-likeness (QED) is 0.410. The molecule has 2 heterocycles. The Labute approximate surface area is 154 Å². The number of nitrogens with zero attached hydrogens (tertiary/aromatic N) is 3. The van der Waals surface area contributed by atoms with Gasteiger partial charge in [0.25, 0.3) is 0 Å². The van der Waals surface area contributed by atoms with Crippen molar-refractivity contribution in [2.24, 2.45) is 4.99 Å². The summed E-state index contributed by atoms with van der Waals surface area (Å²) in [7, 11) is 1.67. The third-order valence-corrected chi connectivity index (χ3v) is 4.35. The van der Waals surface area contributed by atoms with Crippen LogP contribution in [0.4, 0.5) is 13.2 Å². The van der Waals surface area contributed by atoms with Gasteiger partial charge in [0, 0.05) is 38.5 Å². The van der Waals surface area contributed by atoms with E-state index in [-0.39, 0.29) is 30.1 Å². The van der Waals surface area contributed by atoms with Gasteiger partial charge in [-0.3, -0.25) is 4.99 Å². The number of hydrogen-bond acceptors (Lipinski definition) is 4. The number of hydrogen-bond donors (Lipinski definition) is 2. The van der Waals surface area contributed by atoms with E-state index >= 15 is 0 Å². The molecule has 0 unspecified atom stereocenters. The molecule has 5 nitrogen and oxygen atoms in total. The molecule has 1 aromatic heterocycles. The molecule has 23 heavy (non-hydrogen) atoms. The van der Waals surface area contributed by atoms with E-state index in [9.17, 15) is 18.3 Å². The third-order valence-electron chi connectivity index (χ3n) is 3.44. The van der Waals surface area contributed by atoms with E-state index in [4.69, 9.17) is 0 Å². The van der Waals surface area contributed by atoms with Crippen molar-refractivity contribution in [1.29, 1.82) is 0 Å². The summed E-state index contributed by atoms with van der Waals surface area (Å²) in [6.45, 7) is 1.91. The topological polar surface area (TPSA) is 60.8 Å². The maximum Gasteiger partial charge on any atom is 0.434 e. The van der Waals surface area contributed by atoms with E-state index in [1.165, 1.54) is 0 Å². The summed E-state index contributed by atoms with van der Waals surface area (Å²) >= 11 is 1.01. The number of alkyl halides is 3. The lowest BCUT2D eigenvalue weighted by Gasteiger charge is -2.32. The Morgan fingerprint density at radius 2 is 2.13 bits per heavy atom. The first-order valence-corrected chi connectivity index (χ1v) is 7.93. The molecule has 0 radical (unpaired) electrons. The highest BCUT2D eigenvalue weighted by Crippen LogP contribution is 2.29. The van der Waals surface area contributed by atoms with E-state index in [0.717, 1.165) is 29.8 Å². The lowest BCUT2D eigenvalue weighted by atomic mass is 10.1. The number of guanidine groups is 1. The molecule has 10 heteroatoms. The van der Waals surface area contributed by atoms with Gasteiger partial charge in [-0.2, -0.15) is 13.2 Å². The maximum absolute atomic E-state index is 12.5. The van der Waals surface area contributed by atoms with E-state index in [2.05, 4.69) is 15.3 Å². The van der Waals surface area contributed by atoms with Crippen molar-refractivity contribution in [2.75, 3.05) is 26.7 Å². The molecule has 1 aromatic rings. The second-order valence-electron chi connectivity index (χ2n) is 5.07. The van der Waals surface area contributed by atoms with Crippen molar-refractivity contribution in [1.82, 2.24) is 15.2 Å². The number of rotatable bonds is 3. The lowest BCUT2D eigenvalue weighted by Crippen LogP contribution is -2.47. The number of aromatic nitrogens is 1. The Hall–Kier alpha value is -0.620. The molecule has 2 N–H and O–H groups in total. The van der Waals surface area contributed by atoms with Crippen molar-refractivity contribution in [3.05, 3.63) is 16.1 Å². The molecule has 1 aliphatic rings. The Bertz CT molecular complexity index is 516. The van der Waals surface area contributed by atoms with Crippen LogP contribution in [0.3, 0.4) is 0 Å². The molecule has 132 valence electrons. The van der Waals surface area contributed by atoms with Crippen molar-refractivity contribution in [3.8, 4) is 0 Å². The molecule has 0 aliphatic carbocycles. The predicted octanol–water partition coefficient (Wildman–Crippen LogP) is 2.35. The number of halogens is 4. The molecule has 0 bridgehead atoms. The van der Waals surface area contributed by atoms with Crippen LogP contribution in [0, 0.1) is 0 Å². The van der Waals surface area contributed by atoms with Gasteiger partial charge < -0.3 is 15.3 Å². The standard InChI is InChI=1S/C13H19F3N4OS.HI/c1-17-12(20-6-3-9(21)4-7-20)18-5-2-11-19-10(8-22-11)13(14,15)16;/h8-9,21H,2-7H2,1H3,(H,17,18);1H. The minimum Gasteiger partial charge on any atom is -0.393 e. The summed E-state index contributed by atoms with van der Waals surface area (Å²) in [5, 5.41) is 14.1. The molecule has 1 fully saturated rings. The number of piperidine rings is 1. The van der Waals surface area contributed by atoms with Crippen LogP contribution in [0.15, 0.2) is 10.4 Å². The number of aliphatic imine (C=N–C) groups is 1. The second kappa shape index (κ2) is 9.02.